The van der Waals surface area contributed by atoms with Crippen LogP contribution in [0.4, 0.5) is 14.6 Å². The van der Waals surface area contributed by atoms with Crippen molar-refractivity contribution in [3.05, 3.63) is 42.7 Å². The number of aromatic hydroxyl groups is 1. The van der Waals surface area contributed by atoms with Crippen molar-refractivity contribution in [1.29, 1.82) is 0 Å². The van der Waals surface area contributed by atoms with E-state index in [-0.39, 0.29) is 35.0 Å². The average Bonchev–Trinajstić information content (AvgIpc) is 3.32. The van der Waals surface area contributed by atoms with Crippen LogP contribution < -0.4 is 10.2 Å². The number of piperidine rings is 1. The number of anilines is 1. The molecule has 1 saturated carbocycles. The minimum Gasteiger partial charge on any atom is -0.507 e. The van der Waals surface area contributed by atoms with Crippen molar-refractivity contribution in [2.24, 2.45) is 0 Å². The Balaban J connectivity index is 1.30. The van der Waals surface area contributed by atoms with Gasteiger partial charge in [-0.2, -0.15) is 5.10 Å². The van der Waals surface area contributed by atoms with E-state index in [9.17, 15) is 9.50 Å². The first-order chi connectivity index (χ1) is 15.6. The van der Waals surface area contributed by atoms with Crippen molar-refractivity contribution in [3.8, 4) is 28.1 Å². The molecule has 2 aliphatic heterocycles. The molecular weight excluding hydrogens is 414 g/mol. The highest BCUT2D eigenvalue weighted by atomic mass is 19.1. The number of aromatic nitrogens is 4. The van der Waals surface area contributed by atoms with Crippen LogP contribution in [0.2, 0.25) is 0 Å². The van der Waals surface area contributed by atoms with Crippen molar-refractivity contribution in [2.45, 2.75) is 62.4 Å². The van der Waals surface area contributed by atoms with Gasteiger partial charge in [0.05, 0.1) is 30.3 Å². The Morgan fingerprint density at radius 2 is 1.91 bits per heavy atom. The largest absolute Gasteiger partial charge is 0.507 e. The summed E-state index contributed by atoms with van der Waals surface area (Å²) >= 11 is 0. The molecule has 4 heterocycles. The number of fused-ring (bicyclic) bond motifs is 2. The summed E-state index contributed by atoms with van der Waals surface area (Å²) in [5, 5.41) is 20.4. The summed E-state index contributed by atoms with van der Waals surface area (Å²) < 4.78 is 29.9. The first-order valence-corrected chi connectivity index (χ1v) is 11.1. The molecule has 32 heavy (non-hydrogen) atoms. The number of hydrogen-bond acceptors (Lipinski definition) is 6. The van der Waals surface area contributed by atoms with Gasteiger partial charge in [-0.05, 0) is 44.2 Å². The molecule has 2 saturated heterocycles. The predicted molar refractivity (Wildman–Crippen MR) is 115 cm³/mol. The predicted octanol–water partition coefficient (Wildman–Crippen LogP) is 3.58. The maximum atomic E-state index is 15.2. The molecule has 3 aliphatic rings. The monoisotopic (exact) mass is 438 g/mol. The Morgan fingerprint density at radius 3 is 2.62 bits per heavy atom. The Labute approximate surface area is 183 Å². The summed E-state index contributed by atoms with van der Waals surface area (Å²) in [7, 11) is 0. The fourth-order valence-corrected chi connectivity index (χ4v) is 5.20. The molecule has 2 bridgehead atoms. The third-order valence-electron chi connectivity index (χ3n) is 6.92. The third-order valence-corrected chi connectivity index (χ3v) is 6.92. The summed E-state index contributed by atoms with van der Waals surface area (Å²) in [5.74, 6) is 0.0535. The summed E-state index contributed by atoms with van der Waals surface area (Å²) in [6.07, 6.45) is 9.96. The molecular formula is C23H24F2N6O. The van der Waals surface area contributed by atoms with E-state index in [4.69, 9.17) is 0 Å². The fraction of sp³-hybridized carbons (Fsp3) is 0.435. The molecule has 4 atom stereocenters. The zero-order valence-corrected chi connectivity index (χ0v) is 17.4. The third kappa shape index (κ3) is 3.31. The maximum absolute atomic E-state index is 15.2. The minimum absolute atomic E-state index is 0.0825. The van der Waals surface area contributed by atoms with E-state index < -0.39 is 12.0 Å². The smallest absolute Gasteiger partial charge is 0.147 e. The number of phenolic OH excluding ortho intramolecular Hbond substituents is 1. The van der Waals surface area contributed by atoms with Gasteiger partial charge in [-0.3, -0.25) is 10.1 Å². The lowest BCUT2D eigenvalue weighted by atomic mass is 9.96. The number of benzene rings is 1. The number of phenols is 1. The molecule has 2 aromatic heterocycles. The second kappa shape index (κ2) is 7.51. The van der Waals surface area contributed by atoms with Crippen LogP contribution in [0.3, 0.4) is 0 Å². The zero-order valence-electron chi connectivity index (χ0n) is 17.4. The second-order valence-electron chi connectivity index (χ2n) is 9.03. The second-order valence-corrected chi connectivity index (χ2v) is 9.03. The molecule has 3 fully saturated rings. The molecule has 7 nitrogen and oxygen atoms in total. The van der Waals surface area contributed by atoms with E-state index in [0.29, 0.717) is 23.1 Å². The van der Waals surface area contributed by atoms with E-state index in [2.05, 4.69) is 30.4 Å². The molecule has 166 valence electrons. The van der Waals surface area contributed by atoms with Crippen LogP contribution in [-0.4, -0.2) is 55.6 Å². The van der Waals surface area contributed by atoms with Crippen LogP contribution in [0.25, 0.3) is 22.4 Å². The van der Waals surface area contributed by atoms with Gasteiger partial charge in [0.15, 0.2) is 0 Å². The van der Waals surface area contributed by atoms with Gasteiger partial charge in [0, 0.05) is 41.0 Å². The van der Waals surface area contributed by atoms with Crippen molar-refractivity contribution < 1.29 is 13.9 Å². The highest BCUT2D eigenvalue weighted by Crippen LogP contribution is 2.40. The van der Waals surface area contributed by atoms with Gasteiger partial charge in [0.2, 0.25) is 0 Å². The van der Waals surface area contributed by atoms with E-state index in [1.165, 1.54) is 24.5 Å². The van der Waals surface area contributed by atoms with Crippen molar-refractivity contribution >= 4 is 5.82 Å². The zero-order chi connectivity index (χ0) is 21.8. The van der Waals surface area contributed by atoms with Crippen molar-refractivity contribution in [1.82, 2.24) is 25.5 Å². The minimum atomic E-state index is -0.940. The number of nitrogens with one attached hydrogen (secondary N) is 2. The van der Waals surface area contributed by atoms with E-state index in [1.54, 1.807) is 12.4 Å². The lowest BCUT2D eigenvalue weighted by Crippen LogP contribution is -2.57. The van der Waals surface area contributed by atoms with Crippen LogP contribution >= 0.6 is 0 Å². The molecule has 0 amide bonds. The summed E-state index contributed by atoms with van der Waals surface area (Å²) in [4.78, 5) is 11.1. The number of H-pyrrole nitrogens is 1. The first-order valence-electron chi connectivity index (χ1n) is 11.1. The Hall–Kier alpha value is -3.07. The molecule has 9 heteroatoms. The maximum Gasteiger partial charge on any atom is 0.147 e. The normalized spacial score (nSPS) is 26.9. The number of nitrogens with zero attached hydrogens (tertiary/aromatic N) is 4. The van der Waals surface area contributed by atoms with Crippen LogP contribution in [0.5, 0.6) is 5.75 Å². The molecule has 6 rings (SSSR count). The Morgan fingerprint density at radius 1 is 1.03 bits per heavy atom. The molecule has 3 aromatic rings. The summed E-state index contributed by atoms with van der Waals surface area (Å²) in [6.45, 7) is 0. The van der Waals surface area contributed by atoms with Gasteiger partial charge < -0.3 is 15.3 Å². The SMILES string of the molecule is Oc1cc(-c2cn[nH]c2)c(F)cc1-c1cnc(N(C2CC2)[C@@H]2C[C@H]3CC[C@H](N3)[C@@H]2F)cn1. The van der Waals surface area contributed by atoms with Gasteiger partial charge in [-0.15, -0.1) is 0 Å². The van der Waals surface area contributed by atoms with Crippen LogP contribution in [0, 0.1) is 5.82 Å². The van der Waals surface area contributed by atoms with Gasteiger partial charge in [0.25, 0.3) is 0 Å². The number of halogens is 2. The molecule has 1 aromatic carbocycles. The quantitative estimate of drug-likeness (QED) is 0.564. The average molecular weight is 438 g/mol. The first kappa shape index (κ1) is 19.6. The number of rotatable bonds is 5. The van der Waals surface area contributed by atoms with Crippen LogP contribution in [0.15, 0.2) is 36.9 Å². The van der Waals surface area contributed by atoms with Crippen molar-refractivity contribution in [2.75, 3.05) is 4.90 Å². The highest BCUT2D eigenvalue weighted by Gasteiger charge is 2.48. The standard InChI is InChI=1S/C23H24F2N6O/c24-17-6-16(21(32)7-15(17)12-8-28-29-9-12)19-10-27-22(11-26-19)31(14-2-3-14)20-5-13-1-4-18(30-13)23(20)25/h6-11,13-14,18,20,23,30,32H,1-5H2,(H,28,29)/t13-,18+,20-,23+/m1/s1. The highest BCUT2D eigenvalue weighted by molar-refractivity contribution is 5.74. The van der Waals surface area contributed by atoms with Gasteiger partial charge >= 0.3 is 0 Å². The lowest BCUT2D eigenvalue weighted by molar-refractivity contribution is 0.171. The van der Waals surface area contributed by atoms with E-state index in [0.717, 1.165) is 32.1 Å². The topological polar surface area (TPSA) is 90.0 Å². The van der Waals surface area contributed by atoms with Gasteiger partial charge in [-0.25, -0.2) is 13.8 Å². The summed E-state index contributed by atoms with van der Waals surface area (Å²) in [6, 6.07) is 2.97. The van der Waals surface area contributed by atoms with Crippen LogP contribution in [-0.2, 0) is 0 Å². The molecule has 0 radical (unpaired) electrons. The van der Waals surface area contributed by atoms with Gasteiger partial charge in [-0.1, -0.05) is 0 Å². The molecule has 0 spiro atoms. The Bertz CT molecular complexity index is 1120. The summed E-state index contributed by atoms with van der Waals surface area (Å²) in [5.41, 5.74) is 1.42. The number of aromatic amines is 1. The molecule has 0 unspecified atom stereocenters. The van der Waals surface area contributed by atoms with E-state index >= 15 is 4.39 Å². The number of hydrogen-bond donors (Lipinski definition) is 3. The van der Waals surface area contributed by atoms with Gasteiger partial charge in [0.1, 0.15) is 23.6 Å². The van der Waals surface area contributed by atoms with Crippen molar-refractivity contribution in [3.63, 3.8) is 0 Å². The Kier molecular flexibility index (Phi) is 4.60. The molecule has 3 N–H and O–H groups in total. The number of alkyl halides is 1. The molecule has 1 aliphatic carbocycles. The fourth-order valence-electron chi connectivity index (χ4n) is 5.20. The lowest BCUT2D eigenvalue weighted by Gasteiger charge is -2.41. The van der Waals surface area contributed by atoms with Crippen LogP contribution in [0.1, 0.15) is 32.1 Å². The van der Waals surface area contributed by atoms with E-state index in [1.807, 2.05) is 0 Å².